The Morgan fingerprint density at radius 2 is 2.32 bits per heavy atom. The van der Waals surface area contributed by atoms with Crippen molar-refractivity contribution in [3.05, 3.63) is 28.7 Å². The summed E-state index contributed by atoms with van der Waals surface area (Å²) in [5.74, 6) is 1.27. The van der Waals surface area contributed by atoms with Gasteiger partial charge in [-0.1, -0.05) is 28.4 Å². The molecule has 0 aromatic heterocycles. The average Bonchev–Trinajstić information content (AvgIpc) is 2.40. The Kier molecular flexibility index (Phi) is 6.20. The molecule has 0 aliphatic carbocycles. The molecular weight excluding hydrogens is 324 g/mol. The predicted molar refractivity (Wildman–Crippen MR) is 85.7 cm³/mol. The van der Waals surface area contributed by atoms with E-state index in [-0.39, 0.29) is 5.91 Å². The van der Waals surface area contributed by atoms with Gasteiger partial charge in [0.1, 0.15) is 0 Å². The van der Waals surface area contributed by atoms with Crippen molar-refractivity contribution in [2.75, 3.05) is 24.2 Å². The van der Waals surface area contributed by atoms with Crippen molar-refractivity contribution in [1.82, 2.24) is 5.32 Å². The van der Waals surface area contributed by atoms with Crippen LogP contribution in [-0.4, -0.2) is 30.0 Å². The van der Waals surface area contributed by atoms with Gasteiger partial charge in [-0.2, -0.15) is 11.8 Å². The number of amides is 1. The highest BCUT2D eigenvalue weighted by molar-refractivity contribution is 9.10. The molecule has 2 rings (SSSR count). The number of anilines is 1. The molecule has 1 amide bonds. The quantitative estimate of drug-likeness (QED) is 0.862. The van der Waals surface area contributed by atoms with Crippen molar-refractivity contribution in [3.63, 3.8) is 0 Å². The van der Waals surface area contributed by atoms with Crippen LogP contribution in [-0.2, 0) is 4.79 Å². The fourth-order valence-electron chi connectivity index (χ4n) is 2.09. The van der Waals surface area contributed by atoms with Gasteiger partial charge in [0.2, 0.25) is 5.91 Å². The molecule has 1 heterocycles. The first kappa shape index (κ1) is 14.9. The molecule has 0 spiro atoms. The molecule has 1 aromatic rings. The van der Waals surface area contributed by atoms with E-state index in [0.29, 0.717) is 11.8 Å². The summed E-state index contributed by atoms with van der Waals surface area (Å²) >= 11 is 5.41. The van der Waals surface area contributed by atoms with Gasteiger partial charge in [-0.05, 0) is 36.8 Å². The highest BCUT2D eigenvalue weighted by Gasteiger charge is 2.13. The fourth-order valence-corrected chi connectivity index (χ4v) is 3.76. The number of rotatable bonds is 5. The molecule has 1 saturated heterocycles. The summed E-state index contributed by atoms with van der Waals surface area (Å²) < 4.78 is 0.969. The van der Waals surface area contributed by atoms with Crippen LogP contribution in [0.1, 0.15) is 19.3 Å². The molecule has 104 valence electrons. The summed E-state index contributed by atoms with van der Waals surface area (Å²) in [6.45, 7) is 1.31. The predicted octanol–water partition coefficient (Wildman–Crippen LogP) is 3.26. The molecule has 2 N–H and O–H groups in total. The summed E-state index contributed by atoms with van der Waals surface area (Å²) in [5.41, 5.74) is 0.827. The molecule has 19 heavy (non-hydrogen) atoms. The van der Waals surface area contributed by atoms with Crippen molar-refractivity contribution < 1.29 is 4.79 Å². The minimum Gasteiger partial charge on any atom is -0.325 e. The van der Waals surface area contributed by atoms with Crippen LogP contribution in [0.4, 0.5) is 5.69 Å². The number of carbonyl (C=O) groups is 1. The first-order chi connectivity index (χ1) is 9.24. The summed E-state index contributed by atoms with van der Waals surface area (Å²) in [7, 11) is 0. The zero-order valence-electron chi connectivity index (χ0n) is 10.8. The van der Waals surface area contributed by atoms with E-state index < -0.39 is 0 Å². The van der Waals surface area contributed by atoms with Crippen molar-refractivity contribution in [2.24, 2.45) is 0 Å². The van der Waals surface area contributed by atoms with Crippen LogP contribution in [0.15, 0.2) is 28.7 Å². The van der Waals surface area contributed by atoms with Gasteiger partial charge in [-0.15, -0.1) is 0 Å². The Bertz CT molecular complexity index is 422. The number of benzene rings is 1. The fraction of sp³-hybridized carbons (Fsp3) is 0.500. The van der Waals surface area contributed by atoms with Gasteiger partial charge in [-0.25, -0.2) is 0 Å². The second-order valence-electron chi connectivity index (χ2n) is 4.68. The zero-order chi connectivity index (χ0) is 13.5. The molecule has 1 atom stereocenters. The summed E-state index contributed by atoms with van der Waals surface area (Å²) in [6.07, 6.45) is 3.93. The Morgan fingerprint density at radius 1 is 1.42 bits per heavy atom. The molecule has 3 nitrogen and oxygen atoms in total. The minimum absolute atomic E-state index is 0.0129. The Morgan fingerprint density at radius 3 is 3.05 bits per heavy atom. The van der Waals surface area contributed by atoms with E-state index in [1.165, 1.54) is 25.0 Å². The number of carbonyl (C=O) groups excluding carboxylic acids is 1. The van der Waals surface area contributed by atoms with Crippen LogP contribution < -0.4 is 10.6 Å². The molecule has 0 saturated carbocycles. The van der Waals surface area contributed by atoms with Gasteiger partial charge in [0, 0.05) is 22.0 Å². The van der Waals surface area contributed by atoms with E-state index in [4.69, 9.17) is 0 Å². The lowest BCUT2D eigenvalue weighted by Gasteiger charge is -2.21. The SMILES string of the molecule is O=C(CNCC1CCCCS1)Nc1cccc(Br)c1. The smallest absolute Gasteiger partial charge is 0.238 e. The van der Waals surface area contributed by atoms with E-state index in [2.05, 4.69) is 26.6 Å². The average molecular weight is 343 g/mol. The third kappa shape index (κ3) is 5.55. The molecular formula is C14H19BrN2OS. The number of hydrogen-bond donors (Lipinski definition) is 2. The maximum atomic E-state index is 11.8. The molecule has 1 unspecified atom stereocenters. The van der Waals surface area contributed by atoms with E-state index >= 15 is 0 Å². The number of thioether (sulfide) groups is 1. The summed E-state index contributed by atoms with van der Waals surface area (Å²) in [6, 6.07) is 7.63. The molecule has 1 aliphatic rings. The van der Waals surface area contributed by atoms with Gasteiger partial charge < -0.3 is 10.6 Å². The summed E-state index contributed by atoms with van der Waals surface area (Å²) in [4.78, 5) is 11.8. The van der Waals surface area contributed by atoms with Gasteiger partial charge >= 0.3 is 0 Å². The van der Waals surface area contributed by atoms with Crippen LogP contribution in [0.5, 0.6) is 0 Å². The highest BCUT2D eigenvalue weighted by Crippen LogP contribution is 2.24. The molecule has 0 bridgehead atoms. The number of hydrogen-bond acceptors (Lipinski definition) is 3. The van der Waals surface area contributed by atoms with Crippen LogP contribution in [0, 0.1) is 0 Å². The highest BCUT2D eigenvalue weighted by atomic mass is 79.9. The number of halogens is 1. The lowest BCUT2D eigenvalue weighted by molar-refractivity contribution is -0.115. The summed E-state index contributed by atoms with van der Waals surface area (Å²) in [5, 5.41) is 6.80. The lowest BCUT2D eigenvalue weighted by atomic mass is 10.2. The van der Waals surface area contributed by atoms with Crippen LogP contribution >= 0.6 is 27.7 Å². The maximum absolute atomic E-state index is 11.8. The van der Waals surface area contributed by atoms with Gasteiger partial charge in [0.25, 0.3) is 0 Å². The van der Waals surface area contributed by atoms with Crippen LogP contribution in [0.25, 0.3) is 0 Å². The Labute approximate surface area is 127 Å². The van der Waals surface area contributed by atoms with Gasteiger partial charge in [-0.3, -0.25) is 4.79 Å². The second kappa shape index (κ2) is 7.92. The molecule has 5 heteroatoms. The third-order valence-electron chi connectivity index (χ3n) is 3.04. The molecule has 1 fully saturated rings. The third-order valence-corrected chi connectivity index (χ3v) is 4.93. The second-order valence-corrected chi connectivity index (χ2v) is 7.00. The Hall–Kier alpha value is -0.520. The van der Waals surface area contributed by atoms with Crippen LogP contribution in [0.3, 0.4) is 0 Å². The topological polar surface area (TPSA) is 41.1 Å². The van der Waals surface area contributed by atoms with Crippen molar-refractivity contribution in [1.29, 1.82) is 0 Å². The van der Waals surface area contributed by atoms with Crippen molar-refractivity contribution >= 4 is 39.3 Å². The van der Waals surface area contributed by atoms with E-state index in [9.17, 15) is 4.79 Å². The molecule has 1 aliphatic heterocycles. The maximum Gasteiger partial charge on any atom is 0.238 e. The zero-order valence-corrected chi connectivity index (χ0v) is 13.2. The normalized spacial score (nSPS) is 19.1. The van der Waals surface area contributed by atoms with Gasteiger partial charge in [0.05, 0.1) is 6.54 Å². The van der Waals surface area contributed by atoms with E-state index in [1.54, 1.807) is 0 Å². The largest absolute Gasteiger partial charge is 0.325 e. The lowest BCUT2D eigenvalue weighted by Crippen LogP contribution is -2.33. The van der Waals surface area contributed by atoms with E-state index in [0.717, 1.165) is 16.7 Å². The Balaban J connectivity index is 1.67. The minimum atomic E-state index is 0.0129. The molecule has 1 aromatic carbocycles. The monoisotopic (exact) mass is 342 g/mol. The molecule has 0 radical (unpaired) electrons. The van der Waals surface area contributed by atoms with Crippen molar-refractivity contribution in [3.8, 4) is 0 Å². The van der Waals surface area contributed by atoms with Crippen LogP contribution in [0.2, 0.25) is 0 Å². The standard InChI is InChI=1S/C14H19BrN2OS/c15-11-4-3-5-12(8-11)17-14(18)10-16-9-13-6-1-2-7-19-13/h3-5,8,13,16H,1-2,6-7,9-10H2,(H,17,18). The first-order valence-corrected chi connectivity index (χ1v) is 8.46. The first-order valence-electron chi connectivity index (χ1n) is 6.62. The van der Waals surface area contributed by atoms with E-state index in [1.807, 2.05) is 36.0 Å². The number of nitrogens with one attached hydrogen (secondary N) is 2. The van der Waals surface area contributed by atoms with Crippen molar-refractivity contribution in [2.45, 2.75) is 24.5 Å². The van der Waals surface area contributed by atoms with Gasteiger partial charge in [0.15, 0.2) is 0 Å².